The summed E-state index contributed by atoms with van der Waals surface area (Å²) < 4.78 is 15.1. The van der Waals surface area contributed by atoms with Crippen LogP contribution in [0.5, 0.6) is 0 Å². The number of hydrogen-bond acceptors (Lipinski definition) is 17. The van der Waals surface area contributed by atoms with Crippen LogP contribution < -0.4 is 27.8 Å². The molecule has 12 unspecified atom stereocenters. The molecule has 0 bridgehead atoms. The Bertz CT molecular complexity index is 6010. The van der Waals surface area contributed by atoms with Crippen LogP contribution >= 0.6 is 0 Å². The third-order valence-corrected chi connectivity index (χ3v) is 15.6. The first kappa shape index (κ1) is 119. The Balaban J connectivity index is -0.000000810. The second-order valence-electron chi connectivity index (χ2n) is 23.7. The molecule has 0 spiro atoms. The van der Waals surface area contributed by atoms with Crippen molar-refractivity contribution < 1.29 is 78.1 Å². The van der Waals surface area contributed by atoms with Crippen molar-refractivity contribution in [1.82, 2.24) is 10.6 Å². The van der Waals surface area contributed by atoms with Gasteiger partial charge in [0.2, 0.25) is 11.8 Å². The number of terminal acetylenes is 4. The van der Waals surface area contributed by atoms with E-state index < -0.39 is 107 Å². The van der Waals surface area contributed by atoms with Crippen LogP contribution in [-0.4, -0.2) is 139 Å². The van der Waals surface area contributed by atoms with Crippen LogP contribution in [0.1, 0.15) is 107 Å². The van der Waals surface area contributed by atoms with Crippen molar-refractivity contribution in [2.24, 2.45) is 88.2 Å². The van der Waals surface area contributed by atoms with Crippen LogP contribution in [0.3, 0.4) is 0 Å². The highest BCUT2D eigenvalue weighted by Gasteiger charge is 2.47. The lowest BCUT2D eigenvalue weighted by atomic mass is 9.78. The molecule has 1 aliphatic heterocycles. The number of aliphatic carboxylic acids is 2. The molecule has 1 heterocycles. The number of carboxylic acids is 2. The van der Waals surface area contributed by atoms with Gasteiger partial charge in [-0.1, -0.05) is 79.1 Å². The minimum Gasteiger partial charge on any atom is -0.481 e. The van der Waals surface area contributed by atoms with E-state index in [1.54, 1.807) is 20.8 Å². The van der Waals surface area contributed by atoms with E-state index in [4.69, 9.17) is 72.4 Å². The molecular formula is C110H89N5O16. The van der Waals surface area contributed by atoms with Crippen LogP contribution in [0.25, 0.3) is 0 Å². The highest BCUT2D eigenvalue weighted by Crippen LogP contribution is 2.34. The number of carbonyl (C=O) groups is 8. The summed E-state index contributed by atoms with van der Waals surface area (Å²) >= 11 is 0. The molecule has 0 aromatic carbocycles. The minimum atomic E-state index is -1.08. The molecule has 1 aliphatic rings. The van der Waals surface area contributed by atoms with Gasteiger partial charge in [-0.05, 0) is 383 Å². The first-order valence-corrected chi connectivity index (χ1v) is 39.6. The zero-order chi connectivity index (χ0) is 98.2. The summed E-state index contributed by atoms with van der Waals surface area (Å²) in [5.74, 6) is 136. The van der Waals surface area contributed by atoms with Crippen molar-refractivity contribution >= 4 is 47.6 Å². The van der Waals surface area contributed by atoms with E-state index in [1.165, 1.54) is 0 Å². The van der Waals surface area contributed by atoms with Crippen molar-refractivity contribution in [3.05, 3.63) is 0 Å². The van der Waals surface area contributed by atoms with E-state index in [0.717, 1.165) is 0 Å². The Kier molecular flexibility index (Phi) is 79.9. The van der Waals surface area contributed by atoms with Crippen LogP contribution in [0, 0.1) is 452 Å². The van der Waals surface area contributed by atoms with Gasteiger partial charge in [0, 0.05) is 56.4 Å². The number of carbonyl (C=O) groups excluding carboxylic acids is 6. The average Bonchev–Trinajstić information content (AvgIpc) is 1.68. The second-order valence-corrected chi connectivity index (χ2v) is 23.7. The maximum absolute atomic E-state index is 12.7. The maximum Gasteiger partial charge on any atom is 0.318 e. The van der Waals surface area contributed by atoms with E-state index in [-0.39, 0.29) is 83.9 Å². The third kappa shape index (κ3) is 62.4. The molecule has 650 valence electrons. The largest absolute Gasteiger partial charge is 0.481 e. The van der Waals surface area contributed by atoms with E-state index in [1.807, 2.05) is 34.6 Å². The van der Waals surface area contributed by atoms with E-state index in [0.29, 0.717) is 45.1 Å². The Morgan fingerprint density at radius 3 is 0.802 bits per heavy atom. The molecule has 0 aliphatic carbocycles. The number of aliphatic hydroxyl groups excluding tert-OH is 3. The van der Waals surface area contributed by atoms with Crippen molar-refractivity contribution in [3.8, 4) is 381 Å². The van der Waals surface area contributed by atoms with E-state index in [2.05, 4.69) is 366 Å². The van der Waals surface area contributed by atoms with Gasteiger partial charge in [0.1, 0.15) is 13.2 Å². The maximum atomic E-state index is 12.7. The fraction of sp³-hybridized carbons (Fsp3) is 0.345. The predicted molar refractivity (Wildman–Crippen MR) is 500 cm³/mol. The van der Waals surface area contributed by atoms with Gasteiger partial charge >= 0.3 is 35.8 Å². The summed E-state index contributed by atoms with van der Waals surface area (Å²) in [6.45, 7) is 15.0. The summed E-state index contributed by atoms with van der Waals surface area (Å²) in [5.41, 5.74) is 15.6. The molecule has 0 aromatic rings. The summed E-state index contributed by atoms with van der Waals surface area (Å²) in [5, 5.41) is 49.8. The van der Waals surface area contributed by atoms with Crippen molar-refractivity contribution in [3.63, 3.8) is 0 Å². The van der Waals surface area contributed by atoms with Gasteiger partial charge in [-0.2, -0.15) is 0 Å². The van der Waals surface area contributed by atoms with Crippen LogP contribution in [0.4, 0.5) is 0 Å². The second kappa shape index (κ2) is 88.0. The minimum absolute atomic E-state index is 0.0164. The molecule has 2 amide bonds. The lowest BCUT2D eigenvalue weighted by molar-refractivity contribution is -0.159. The summed E-state index contributed by atoms with van der Waals surface area (Å²) in [7, 11) is 0. The first-order valence-electron chi connectivity index (χ1n) is 39.6. The molecule has 0 aromatic heterocycles. The van der Waals surface area contributed by atoms with Gasteiger partial charge in [-0.3, -0.25) is 38.4 Å². The van der Waals surface area contributed by atoms with Gasteiger partial charge in [0.15, 0.2) is 0 Å². The monoisotopic (exact) mass is 1740 g/mol. The number of esters is 4. The van der Waals surface area contributed by atoms with Crippen LogP contribution in [0.2, 0.25) is 0 Å². The summed E-state index contributed by atoms with van der Waals surface area (Å²) in [6, 6.07) is 0. The molecule has 0 radical (unpaired) electrons. The number of cyclic esters (lactones) is 2. The Morgan fingerprint density at radius 2 is 0.573 bits per heavy atom. The number of ether oxygens (including phenoxy) is 3. The SMILES string of the molecule is C#CC#CC#CC#CC#CC#CC#CC#CC(CC)C(C(=O)NCCO)C(CC)C(=O)O.C#CC#CC#CC#CC#CC#CC#CC#CC(CC)C(C(=O)OCCN)C(CC)C(=O)NCCO.C#CC#CC#CC#CC#CC#CC#CC#CC(CC)C(C(=O)OCCN)C(CC)C(=O)O.C#CC#CC#CC#CC#CC#CC#CC#CC(CC)C1C(=O)OC(=O)C1CC.NCCO. The molecule has 131 heavy (non-hydrogen) atoms. The molecule has 13 N–H and O–H groups in total. The summed E-state index contributed by atoms with van der Waals surface area (Å²) in [4.78, 5) is 97.0. The Hall–Kier alpha value is -18.4. The molecule has 1 saturated heterocycles. The quantitative estimate of drug-likeness (QED) is 0.0212. The number of nitrogens with two attached hydrogens (primary N) is 3. The number of amides is 2. The third-order valence-electron chi connectivity index (χ3n) is 15.6. The molecule has 0 saturated carbocycles. The van der Waals surface area contributed by atoms with Crippen molar-refractivity contribution in [1.29, 1.82) is 0 Å². The van der Waals surface area contributed by atoms with Crippen LogP contribution in [-0.2, 0) is 52.6 Å². The molecular weight excluding hydrogens is 1650 g/mol. The number of nitrogens with one attached hydrogen (secondary N) is 2. The number of hydrogen-bond donors (Lipinski definition) is 10. The van der Waals surface area contributed by atoms with E-state index >= 15 is 0 Å². The van der Waals surface area contributed by atoms with Crippen molar-refractivity contribution in [2.45, 2.75) is 107 Å². The average molecular weight is 1740 g/mol. The number of rotatable bonds is 30. The molecule has 1 rings (SSSR count). The smallest absolute Gasteiger partial charge is 0.318 e. The van der Waals surface area contributed by atoms with Gasteiger partial charge in [-0.15, -0.1) is 25.7 Å². The summed E-state index contributed by atoms with van der Waals surface area (Å²) in [6.07, 6.45) is 23.2. The lowest BCUT2D eigenvalue weighted by Crippen LogP contribution is -2.42. The molecule has 1 fully saturated rings. The van der Waals surface area contributed by atoms with Gasteiger partial charge < -0.3 is 67.6 Å². The zero-order valence-corrected chi connectivity index (χ0v) is 73.4. The highest BCUT2D eigenvalue weighted by atomic mass is 16.6. The van der Waals surface area contributed by atoms with Gasteiger partial charge in [0.05, 0.1) is 67.2 Å². The zero-order valence-electron chi connectivity index (χ0n) is 73.4. The molecule has 21 nitrogen and oxygen atoms in total. The fourth-order valence-corrected chi connectivity index (χ4v) is 9.99. The Morgan fingerprint density at radius 1 is 0.328 bits per heavy atom. The standard InChI is InChI=1S/C29H26N2O4.2C27H21NO4.C25H14O3.C2H7NO/c1-4-7-8-9-10-11-12-13-14-15-16-17-18-19-20-25(5-2)27(29(34)35-24-21-30)26(6-3)28(33)31-22-23-32;1-4-7-8-9-10-11-12-13-14-15-16-17-18-19-20-23(5-2)25(24(6-3)27(31)32)26(30)28-21-22-29;1-4-7-8-9-10-11-12-13-14-15-16-17-18-19-20-23(5-2)25(24(6-3)26(29)30)27(31)32-22-21-28;1-4-7-8-9-10-11-12-13-14-15-16-17-18-19-20-21(5-2)23-22(6-3)24(26)28-25(23)27;3-1-2-4/h1,25-27,32H,5-6,21-24,30H2,2-3H3,(H,31,33);1,23-25,29H,5-6,21-22H2,2-3H3,(H,28,30)(H,31,32);1,23-25H,5-6,21-22,28H2,2-3H3,(H,29,30);1,21-23H,5-6H2,2-3H3;4H,1-3H2. The van der Waals surface area contributed by atoms with Crippen molar-refractivity contribution in [2.75, 3.05) is 65.8 Å². The first-order chi connectivity index (χ1) is 63.7. The van der Waals surface area contributed by atoms with Gasteiger partial charge in [0.25, 0.3) is 0 Å². The van der Waals surface area contributed by atoms with Crippen LogP contribution in [0.15, 0.2) is 0 Å². The topological polar surface area (TPSA) is 368 Å². The normalized spacial score (nSPS) is 11.5. The van der Waals surface area contributed by atoms with E-state index in [9.17, 15) is 48.6 Å². The van der Waals surface area contributed by atoms with Gasteiger partial charge in [-0.25, -0.2) is 0 Å². The Labute approximate surface area is 773 Å². The molecule has 12 atom stereocenters. The predicted octanol–water partition coefficient (Wildman–Crippen LogP) is 1.66. The number of aliphatic hydroxyl groups is 3. The molecule has 21 heteroatoms. The fourth-order valence-electron chi connectivity index (χ4n) is 9.99. The highest BCUT2D eigenvalue weighted by molar-refractivity contribution is 5.97. The lowest BCUT2D eigenvalue weighted by Gasteiger charge is -2.27. The number of carboxylic acid groups (broad SMARTS) is 2.